The van der Waals surface area contributed by atoms with Gasteiger partial charge in [-0.15, -0.1) is 0 Å². The Kier molecular flexibility index (Phi) is 35.9. The number of unbranched alkanes of at least 4 members (excludes halogenated alkanes) is 11. The van der Waals surface area contributed by atoms with Crippen LogP contribution in [-0.2, 0) is 9.59 Å². The van der Waals surface area contributed by atoms with Crippen LogP contribution in [0.15, 0.2) is 72.9 Å². The van der Waals surface area contributed by atoms with Crippen LogP contribution in [0, 0.1) is 0 Å². The van der Waals surface area contributed by atoms with Gasteiger partial charge in [-0.2, -0.15) is 0 Å². The van der Waals surface area contributed by atoms with E-state index in [4.69, 9.17) is 10.2 Å². The second-order valence-corrected chi connectivity index (χ2v) is 10.0. The van der Waals surface area contributed by atoms with E-state index in [1.165, 1.54) is 51.4 Å². The van der Waals surface area contributed by atoms with E-state index < -0.39 is 11.9 Å². The molecule has 0 saturated carbocycles. The second kappa shape index (κ2) is 36.4. The number of carboxylic acids is 2. The molecule has 0 aliphatic carbocycles. The highest BCUT2D eigenvalue weighted by Crippen LogP contribution is 2.09. The summed E-state index contributed by atoms with van der Waals surface area (Å²) < 4.78 is 0. The monoisotopic (exact) mass is 556 g/mol. The second-order valence-electron chi connectivity index (χ2n) is 10.0. The Labute approximate surface area is 246 Å². The molecular formula is C36H60O4. The molecule has 0 aliphatic rings. The van der Waals surface area contributed by atoms with Gasteiger partial charge in [-0.1, -0.05) is 125 Å². The van der Waals surface area contributed by atoms with E-state index in [-0.39, 0.29) is 6.42 Å². The summed E-state index contributed by atoms with van der Waals surface area (Å²) in [6.07, 6.45) is 46.9. The molecule has 0 aromatic rings. The number of hydrogen-bond donors (Lipinski definition) is 2. The fraction of sp³-hybridized carbons (Fsp3) is 0.611. The average Bonchev–Trinajstić information content (AvgIpc) is 2.93. The molecule has 0 unspecified atom stereocenters. The van der Waals surface area contributed by atoms with E-state index in [2.05, 4.69) is 68.5 Å². The van der Waals surface area contributed by atoms with Crippen molar-refractivity contribution in [1.82, 2.24) is 0 Å². The summed E-state index contributed by atoms with van der Waals surface area (Å²) in [5.74, 6) is -1.41. The molecule has 0 bridgehead atoms. The molecule has 0 spiro atoms. The van der Waals surface area contributed by atoms with Crippen molar-refractivity contribution in [2.75, 3.05) is 0 Å². The van der Waals surface area contributed by atoms with Gasteiger partial charge >= 0.3 is 11.9 Å². The fourth-order valence-electron chi connectivity index (χ4n) is 3.79. The van der Waals surface area contributed by atoms with Gasteiger partial charge in [0.05, 0.1) is 0 Å². The summed E-state index contributed by atoms with van der Waals surface area (Å²) in [7, 11) is 0. The lowest BCUT2D eigenvalue weighted by atomic mass is 10.1. The molecule has 4 heteroatoms. The number of hydrogen-bond acceptors (Lipinski definition) is 2. The highest BCUT2D eigenvalue weighted by Gasteiger charge is 1.95. The van der Waals surface area contributed by atoms with Crippen molar-refractivity contribution in [2.24, 2.45) is 0 Å². The lowest BCUT2D eigenvalue weighted by Gasteiger charge is -1.98. The Morgan fingerprint density at radius 2 is 0.800 bits per heavy atom. The normalized spacial score (nSPS) is 12.1. The van der Waals surface area contributed by atoms with Crippen molar-refractivity contribution in [3.8, 4) is 0 Å². The molecule has 0 heterocycles. The van der Waals surface area contributed by atoms with Crippen molar-refractivity contribution in [3.05, 3.63) is 72.9 Å². The first-order chi connectivity index (χ1) is 19.5. The summed E-state index contributed by atoms with van der Waals surface area (Å²) in [5, 5.41) is 17.0. The summed E-state index contributed by atoms with van der Waals surface area (Å²) in [6.45, 7) is 4.32. The Morgan fingerprint density at radius 3 is 1.32 bits per heavy atom. The molecule has 0 aliphatic heterocycles. The van der Waals surface area contributed by atoms with E-state index in [0.29, 0.717) is 12.8 Å². The molecule has 0 aromatic carbocycles. The van der Waals surface area contributed by atoms with E-state index in [1.54, 1.807) is 0 Å². The standard InChI is InChI=1S/2C18H30O2/c2*1-2-3-4-5-6-7-8-9-10-11-12-13-14-15-16-17-18(19)20/h3-4,12-15H,2,5-11,16-17H2,1H3,(H,19,20);3-4,6-7,9-10H,2,5,8,11-17H2,1H3,(H,19,20)/b4-3+,13-12+,15-14+;4-3-,7-6-,10-9-. The van der Waals surface area contributed by atoms with Crippen LogP contribution in [0.4, 0.5) is 0 Å². The van der Waals surface area contributed by atoms with Crippen molar-refractivity contribution in [2.45, 2.75) is 142 Å². The van der Waals surface area contributed by atoms with Crippen LogP contribution >= 0.6 is 0 Å². The predicted octanol–water partition coefficient (Wildman–Crippen LogP) is 11.3. The third-order valence-corrected chi connectivity index (χ3v) is 6.09. The maximum atomic E-state index is 10.3. The minimum atomic E-state index is -0.733. The van der Waals surface area contributed by atoms with Crippen molar-refractivity contribution in [1.29, 1.82) is 0 Å². The fourth-order valence-corrected chi connectivity index (χ4v) is 3.79. The van der Waals surface area contributed by atoms with Crippen molar-refractivity contribution in [3.63, 3.8) is 0 Å². The zero-order valence-corrected chi connectivity index (χ0v) is 25.8. The maximum absolute atomic E-state index is 10.3. The lowest BCUT2D eigenvalue weighted by molar-refractivity contribution is -0.138. The molecule has 0 amide bonds. The van der Waals surface area contributed by atoms with Crippen LogP contribution in [0.2, 0.25) is 0 Å². The average molecular weight is 557 g/mol. The first-order valence-electron chi connectivity index (χ1n) is 15.9. The summed E-state index contributed by atoms with van der Waals surface area (Å²) in [6, 6.07) is 0. The smallest absolute Gasteiger partial charge is 0.303 e. The largest absolute Gasteiger partial charge is 0.481 e. The number of carboxylic acid groups (broad SMARTS) is 2. The van der Waals surface area contributed by atoms with Gasteiger partial charge < -0.3 is 10.2 Å². The van der Waals surface area contributed by atoms with Gasteiger partial charge in [-0.25, -0.2) is 0 Å². The number of rotatable bonds is 26. The Bertz CT molecular complexity index is 725. The summed E-state index contributed by atoms with van der Waals surface area (Å²) >= 11 is 0. The first-order valence-corrected chi connectivity index (χ1v) is 15.9. The molecular weight excluding hydrogens is 496 g/mol. The van der Waals surface area contributed by atoms with Crippen LogP contribution < -0.4 is 0 Å². The van der Waals surface area contributed by atoms with E-state index in [9.17, 15) is 9.59 Å². The molecule has 0 rings (SSSR count). The topological polar surface area (TPSA) is 74.6 Å². The summed E-state index contributed by atoms with van der Waals surface area (Å²) in [5.41, 5.74) is 0. The predicted molar refractivity (Wildman–Crippen MR) is 174 cm³/mol. The Hall–Kier alpha value is -2.62. The lowest BCUT2D eigenvalue weighted by Crippen LogP contribution is -1.93. The van der Waals surface area contributed by atoms with Crippen molar-refractivity contribution < 1.29 is 19.8 Å². The maximum Gasteiger partial charge on any atom is 0.303 e. The van der Waals surface area contributed by atoms with Crippen LogP contribution in [0.3, 0.4) is 0 Å². The van der Waals surface area contributed by atoms with Gasteiger partial charge in [0.15, 0.2) is 0 Å². The van der Waals surface area contributed by atoms with E-state index in [0.717, 1.165) is 57.8 Å². The molecule has 0 saturated heterocycles. The van der Waals surface area contributed by atoms with Gasteiger partial charge in [-0.05, 0) is 77.0 Å². The quantitative estimate of drug-likeness (QED) is 0.0631. The van der Waals surface area contributed by atoms with Gasteiger partial charge in [0.2, 0.25) is 0 Å². The Morgan fingerprint density at radius 1 is 0.425 bits per heavy atom. The molecule has 228 valence electrons. The third kappa shape index (κ3) is 42.5. The van der Waals surface area contributed by atoms with Gasteiger partial charge in [0.25, 0.3) is 0 Å². The number of aliphatic carboxylic acids is 2. The number of carbonyl (C=O) groups is 2. The van der Waals surface area contributed by atoms with Crippen LogP contribution in [0.5, 0.6) is 0 Å². The van der Waals surface area contributed by atoms with Crippen LogP contribution in [0.25, 0.3) is 0 Å². The zero-order chi connectivity index (χ0) is 29.8. The molecule has 0 atom stereocenters. The van der Waals surface area contributed by atoms with E-state index in [1.807, 2.05) is 18.2 Å². The molecule has 2 N–H and O–H groups in total. The molecule has 40 heavy (non-hydrogen) atoms. The SMILES string of the molecule is CC/C=C/CCCCCCC/C=C/C=C/CCC(=O)O.CC/C=C\C/C=C\C/C=C\CCCCCCCC(=O)O. The highest BCUT2D eigenvalue weighted by molar-refractivity contribution is 5.67. The molecule has 0 fully saturated rings. The highest BCUT2D eigenvalue weighted by atomic mass is 16.4. The minimum absolute atomic E-state index is 0.220. The Balaban J connectivity index is 0. The molecule has 4 nitrogen and oxygen atoms in total. The zero-order valence-electron chi connectivity index (χ0n) is 25.8. The van der Waals surface area contributed by atoms with Crippen LogP contribution in [0.1, 0.15) is 142 Å². The van der Waals surface area contributed by atoms with E-state index >= 15 is 0 Å². The number of allylic oxidation sites excluding steroid dienone is 12. The molecule has 0 radical (unpaired) electrons. The van der Waals surface area contributed by atoms with Crippen LogP contribution in [-0.4, -0.2) is 22.2 Å². The van der Waals surface area contributed by atoms with Crippen molar-refractivity contribution >= 4 is 11.9 Å². The van der Waals surface area contributed by atoms with Gasteiger partial charge in [-0.3, -0.25) is 9.59 Å². The minimum Gasteiger partial charge on any atom is -0.481 e. The third-order valence-electron chi connectivity index (χ3n) is 6.09. The van der Waals surface area contributed by atoms with Gasteiger partial charge in [0.1, 0.15) is 0 Å². The summed E-state index contributed by atoms with van der Waals surface area (Å²) in [4.78, 5) is 20.6. The first kappa shape index (κ1) is 39.5. The van der Waals surface area contributed by atoms with Gasteiger partial charge in [0, 0.05) is 12.8 Å². The molecule has 0 aromatic heterocycles.